The van der Waals surface area contributed by atoms with E-state index in [1.165, 1.54) is 52.1 Å². The molecular weight excluding hydrogens is 528 g/mol. The van der Waals surface area contributed by atoms with Crippen LogP contribution in [0.25, 0.3) is 22.0 Å². The Labute approximate surface area is 233 Å². The van der Waals surface area contributed by atoms with Crippen LogP contribution in [0.1, 0.15) is 67.3 Å². The number of benzene rings is 2. The highest BCUT2D eigenvalue weighted by atomic mass is 35.5. The van der Waals surface area contributed by atoms with E-state index in [0.29, 0.717) is 22.6 Å². The van der Waals surface area contributed by atoms with Crippen molar-refractivity contribution in [2.75, 3.05) is 32.5 Å². The van der Waals surface area contributed by atoms with E-state index >= 15 is 4.39 Å². The molecule has 0 amide bonds. The van der Waals surface area contributed by atoms with Crippen LogP contribution in [0.2, 0.25) is 5.02 Å². The molecule has 1 aliphatic carbocycles. The second kappa shape index (κ2) is 11.6. The monoisotopic (exact) mass is 561 g/mol. The number of nitrogen functional groups attached to an aromatic ring is 1. The van der Waals surface area contributed by atoms with Crippen LogP contribution < -0.4 is 10.5 Å². The summed E-state index contributed by atoms with van der Waals surface area (Å²) in [6.45, 7) is 5.04. The molecule has 3 N–H and O–H groups in total. The van der Waals surface area contributed by atoms with Gasteiger partial charge in [-0.3, -0.25) is 4.79 Å². The molecule has 1 aliphatic heterocycles. The molecule has 9 heteroatoms. The van der Waals surface area contributed by atoms with Gasteiger partial charge in [0.2, 0.25) is 0 Å². The molecule has 0 radical (unpaired) electrons. The third-order valence-electron chi connectivity index (χ3n) is 8.02. The number of carbonyl (C=O) groups is 1. The Kier molecular flexibility index (Phi) is 8.70. The van der Waals surface area contributed by atoms with Gasteiger partial charge in [-0.05, 0) is 99.7 Å². The van der Waals surface area contributed by atoms with Crippen molar-refractivity contribution >= 4 is 46.5 Å². The zero-order chi connectivity index (χ0) is 26.3. The molecule has 2 aromatic carbocycles. The Morgan fingerprint density at radius 2 is 1.87 bits per heavy atom. The van der Waals surface area contributed by atoms with Gasteiger partial charge in [0.25, 0.3) is 0 Å². The zero-order valence-corrected chi connectivity index (χ0v) is 23.3. The van der Waals surface area contributed by atoms with Gasteiger partial charge in [0.1, 0.15) is 11.6 Å². The first kappa shape index (κ1) is 28.4. The van der Waals surface area contributed by atoms with Crippen molar-refractivity contribution in [3.8, 4) is 22.6 Å². The molecule has 1 aromatic heterocycles. The number of fused-ring (bicyclic) bond motifs is 1. The van der Waals surface area contributed by atoms with Crippen LogP contribution in [-0.4, -0.2) is 47.5 Å². The van der Waals surface area contributed by atoms with Crippen molar-refractivity contribution in [2.45, 2.75) is 51.4 Å². The number of rotatable bonds is 6. The van der Waals surface area contributed by atoms with Crippen LogP contribution in [0.15, 0.2) is 24.3 Å². The van der Waals surface area contributed by atoms with Crippen LogP contribution >= 0.6 is 24.0 Å². The minimum atomic E-state index is -0.501. The summed E-state index contributed by atoms with van der Waals surface area (Å²) in [6.07, 6.45) is 6.64. The van der Waals surface area contributed by atoms with Gasteiger partial charge in [-0.15, -0.1) is 12.4 Å². The standard InChI is InChI=1S/C29H33ClFN3O3.ClH/c1-16(35)26-27(18-7-5-17(6-8-18)15-34-9-3-4-10-34)21-13-20(23(31)14-24(21)33-29(26)32)19-11-22(30)28(36)25(12-19)37-2;/h11-14,17-18,36H,3-10,15H2,1-2H3,(H2,32,33);1H/t17-,18-;. The normalized spacial score (nSPS) is 19.9. The highest BCUT2D eigenvalue weighted by Crippen LogP contribution is 2.44. The Balaban J connectivity index is 0.00000336. The quantitative estimate of drug-likeness (QED) is 0.315. The van der Waals surface area contributed by atoms with Gasteiger partial charge >= 0.3 is 0 Å². The van der Waals surface area contributed by atoms with E-state index in [1.54, 1.807) is 12.1 Å². The zero-order valence-electron chi connectivity index (χ0n) is 21.7. The van der Waals surface area contributed by atoms with Crippen LogP contribution in [0.3, 0.4) is 0 Å². The summed E-state index contributed by atoms with van der Waals surface area (Å²) in [5.41, 5.74) is 8.76. The first-order chi connectivity index (χ1) is 17.8. The van der Waals surface area contributed by atoms with Gasteiger partial charge in [-0.2, -0.15) is 0 Å². The third-order valence-corrected chi connectivity index (χ3v) is 8.31. The van der Waals surface area contributed by atoms with Crippen LogP contribution in [0.5, 0.6) is 11.5 Å². The predicted molar refractivity (Wildman–Crippen MR) is 152 cm³/mol. The number of ether oxygens (including phenoxy) is 1. The number of aromatic hydroxyl groups is 1. The molecule has 2 fully saturated rings. The minimum Gasteiger partial charge on any atom is -0.503 e. The summed E-state index contributed by atoms with van der Waals surface area (Å²) in [5.74, 6) is 0.251. The number of carbonyl (C=O) groups excluding carboxylic acids is 1. The minimum absolute atomic E-state index is 0. The number of aromatic nitrogens is 1. The number of hydrogen-bond acceptors (Lipinski definition) is 6. The van der Waals surface area contributed by atoms with E-state index in [0.717, 1.165) is 43.2 Å². The number of anilines is 1. The fourth-order valence-electron chi connectivity index (χ4n) is 6.19. The summed E-state index contributed by atoms with van der Waals surface area (Å²) >= 11 is 6.20. The van der Waals surface area contributed by atoms with Crippen molar-refractivity contribution in [1.82, 2.24) is 9.88 Å². The van der Waals surface area contributed by atoms with Gasteiger partial charge in [0.15, 0.2) is 17.3 Å². The van der Waals surface area contributed by atoms with E-state index in [-0.39, 0.29) is 52.0 Å². The number of Topliss-reactive ketones (excluding diaryl/α,β-unsaturated/α-hetero) is 1. The Bertz CT molecular complexity index is 1350. The number of hydrogen-bond donors (Lipinski definition) is 2. The lowest BCUT2D eigenvalue weighted by Crippen LogP contribution is -2.29. The van der Waals surface area contributed by atoms with Gasteiger partial charge in [0.05, 0.1) is 23.2 Å². The lowest BCUT2D eigenvalue weighted by atomic mass is 9.75. The molecule has 2 aliphatic rings. The Morgan fingerprint density at radius 1 is 1.18 bits per heavy atom. The summed E-state index contributed by atoms with van der Waals surface area (Å²) < 4.78 is 20.6. The molecule has 0 atom stereocenters. The van der Waals surface area contributed by atoms with Crippen LogP contribution in [-0.2, 0) is 0 Å². The molecule has 2 heterocycles. The van der Waals surface area contributed by atoms with E-state index in [2.05, 4.69) is 9.88 Å². The van der Waals surface area contributed by atoms with Gasteiger partial charge in [-0.1, -0.05) is 11.6 Å². The van der Waals surface area contributed by atoms with Crippen molar-refractivity contribution < 1.29 is 19.0 Å². The summed E-state index contributed by atoms with van der Waals surface area (Å²) in [5, 5.41) is 10.9. The molecular formula is C29H34Cl2FN3O3. The molecule has 1 saturated heterocycles. The summed E-state index contributed by atoms with van der Waals surface area (Å²) in [4.78, 5) is 19.8. The number of halogens is 3. The molecule has 204 valence electrons. The van der Waals surface area contributed by atoms with Crippen LogP contribution in [0, 0.1) is 11.7 Å². The molecule has 0 bridgehead atoms. The number of phenols is 1. The lowest BCUT2D eigenvalue weighted by molar-refractivity contribution is 0.101. The smallest absolute Gasteiger partial charge is 0.176 e. The van der Waals surface area contributed by atoms with Gasteiger partial charge in [0, 0.05) is 23.6 Å². The fourth-order valence-corrected chi connectivity index (χ4v) is 6.40. The maximum atomic E-state index is 15.4. The highest BCUT2D eigenvalue weighted by Gasteiger charge is 2.30. The molecule has 6 nitrogen and oxygen atoms in total. The number of likely N-dealkylation sites (tertiary alicyclic amines) is 1. The Hall–Kier alpha value is -2.61. The average Bonchev–Trinajstić information content (AvgIpc) is 3.38. The lowest BCUT2D eigenvalue weighted by Gasteiger charge is -2.32. The van der Waals surface area contributed by atoms with E-state index < -0.39 is 5.82 Å². The predicted octanol–water partition coefficient (Wildman–Crippen LogP) is 6.98. The van der Waals surface area contributed by atoms with Crippen LogP contribution in [0.4, 0.5) is 10.2 Å². The number of ketones is 1. The van der Waals surface area contributed by atoms with Gasteiger partial charge in [-0.25, -0.2) is 9.37 Å². The number of nitrogens with two attached hydrogens (primary N) is 1. The van der Waals surface area contributed by atoms with Crippen molar-refractivity contribution in [2.24, 2.45) is 5.92 Å². The molecule has 1 saturated carbocycles. The topological polar surface area (TPSA) is 88.7 Å². The molecule has 0 unspecified atom stereocenters. The maximum Gasteiger partial charge on any atom is 0.176 e. The highest BCUT2D eigenvalue weighted by molar-refractivity contribution is 6.32. The van der Waals surface area contributed by atoms with Gasteiger partial charge < -0.3 is 20.5 Å². The van der Waals surface area contributed by atoms with E-state index in [4.69, 9.17) is 22.1 Å². The van der Waals surface area contributed by atoms with Crippen molar-refractivity contribution in [1.29, 1.82) is 0 Å². The van der Waals surface area contributed by atoms with E-state index in [9.17, 15) is 9.90 Å². The Morgan fingerprint density at radius 3 is 2.50 bits per heavy atom. The fraction of sp³-hybridized carbons (Fsp3) is 0.448. The third kappa shape index (κ3) is 5.42. The largest absolute Gasteiger partial charge is 0.503 e. The second-order valence-corrected chi connectivity index (χ2v) is 10.8. The van der Waals surface area contributed by atoms with E-state index in [1.807, 2.05) is 0 Å². The average molecular weight is 563 g/mol. The SMILES string of the molecule is COc1cc(-c2cc3c(cc2F)nc(N)c(C(C)=O)c3[C@H]2CC[C@H](CN3CCCC3)CC2)cc(Cl)c1O.Cl. The summed E-state index contributed by atoms with van der Waals surface area (Å²) in [6, 6.07) is 6.15. The first-order valence-corrected chi connectivity index (χ1v) is 13.4. The first-order valence-electron chi connectivity index (χ1n) is 13.0. The number of pyridine rings is 1. The maximum absolute atomic E-state index is 15.4. The molecule has 38 heavy (non-hydrogen) atoms. The van der Waals surface area contributed by atoms with Crippen molar-refractivity contribution in [3.63, 3.8) is 0 Å². The number of methoxy groups -OCH3 is 1. The summed E-state index contributed by atoms with van der Waals surface area (Å²) in [7, 11) is 1.41. The molecule has 5 rings (SSSR count). The second-order valence-electron chi connectivity index (χ2n) is 10.4. The number of nitrogens with zero attached hydrogens (tertiary/aromatic N) is 2. The molecule has 0 spiro atoms. The molecule has 3 aromatic rings. The number of phenolic OH excluding ortho intramolecular Hbond substituents is 1. The van der Waals surface area contributed by atoms with Crippen molar-refractivity contribution in [3.05, 3.63) is 46.2 Å².